The molecule has 2 unspecified atom stereocenters. The second kappa shape index (κ2) is 12.6. The molecule has 188 valence electrons. The van der Waals surface area contributed by atoms with Gasteiger partial charge in [-0.2, -0.15) is 13.2 Å². The number of amides is 1. The van der Waals surface area contributed by atoms with Crippen LogP contribution in [-0.4, -0.2) is 31.3 Å². The molecule has 2 aromatic carbocycles. The minimum Gasteiger partial charge on any atom is -0.381 e. The highest BCUT2D eigenvalue weighted by Crippen LogP contribution is 2.31. The van der Waals surface area contributed by atoms with E-state index >= 15 is 0 Å². The molecule has 4 nitrogen and oxygen atoms in total. The first-order valence-electron chi connectivity index (χ1n) is 11.5. The van der Waals surface area contributed by atoms with Gasteiger partial charge in [-0.05, 0) is 56.2 Å². The van der Waals surface area contributed by atoms with Gasteiger partial charge >= 0.3 is 6.18 Å². The number of hydrogen-bond acceptors (Lipinski definition) is 3. The Morgan fingerprint density at radius 3 is 2.21 bits per heavy atom. The van der Waals surface area contributed by atoms with E-state index in [1.807, 2.05) is 25.7 Å². The highest BCUT2D eigenvalue weighted by Gasteiger charge is 2.30. The number of carbonyl (C=O) groups is 1. The van der Waals surface area contributed by atoms with Crippen molar-refractivity contribution >= 4 is 23.0 Å². The number of rotatable bonds is 12. The molecule has 1 amide bonds. The van der Waals surface area contributed by atoms with Crippen molar-refractivity contribution in [3.8, 4) is 0 Å². The van der Waals surface area contributed by atoms with Crippen LogP contribution in [0.2, 0.25) is 0 Å². The Morgan fingerprint density at radius 2 is 1.65 bits per heavy atom. The lowest BCUT2D eigenvalue weighted by atomic mass is 10.1. The smallest absolute Gasteiger partial charge is 0.381 e. The summed E-state index contributed by atoms with van der Waals surface area (Å²) < 4.78 is 66.5. The minimum absolute atomic E-state index is 0.0131. The van der Waals surface area contributed by atoms with E-state index in [-0.39, 0.29) is 13.0 Å². The molecule has 9 heteroatoms. The van der Waals surface area contributed by atoms with Crippen LogP contribution in [0.4, 0.5) is 39.0 Å². The number of nitrogens with zero attached hydrogens (tertiary/aromatic N) is 1. The molecule has 0 radical (unpaired) electrons. The van der Waals surface area contributed by atoms with Crippen LogP contribution in [0.25, 0.3) is 0 Å². The monoisotopic (exact) mass is 485 g/mol. The Hall–Kier alpha value is -2.84. The summed E-state index contributed by atoms with van der Waals surface area (Å²) in [5.74, 6) is -1.03. The molecule has 0 aromatic heterocycles. The molecular weight excluding hydrogens is 453 g/mol. The van der Waals surface area contributed by atoms with Crippen LogP contribution in [0.1, 0.15) is 51.2 Å². The zero-order valence-electron chi connectivity index (χ0n) is 19.7. The summed E-state index contributed by atoms with van der Waals surface area (Å²) in [4.78, 5) is 14.3. The van der Waals surface area contributed by atoms with Gasteiger partial charge in [-0.1, -0.05) is 31.9 Å². The molecular formula is C25H32F5N3O. The topological polar surface area (TPSA) is 44.4 Å². The SMILES string of the molecule is CCCCC(F)C(F)C(=O)Nc1ccc(NCc2ccc(C(F)(F)F)cc2)cc1N(CC)CC. The van der Waals surface area contributed by atoms with E-state index in [0.717, 1.165) is 12.1 Å². The quantitative estimate of drug-likeness (QED) is 0.319. The molecule has 34 heavy (non-hydrogen) atoms. The number of anilines is 3. The second-order valence-corrected chi connectivity index (χ2v) is 8.00. The molecule has 0 saturated heterocycles. The van der Waals surface area contributed by atoms with Crippen LogP contribution in [0, 0.1) is 0 Å². The molecule has 2 aromatic rings. The molecule has 0 heterocycles. The van der Waals surface area contributed by atoms with E-state index in [1.54, 1.807) is 18.2 Å². The van der Waals surface area contributed by atoms with Gasteiger partial charge in [0.2, 0.25) is 6.17 Å². The van der Waals surface area contributed by atoms with E-state index in [1.165, 1.54) is 12.1 Å². The fourth-order valence-electron chi connectivity index (χ4n) is 3.50. The number of hydrogen-bond donors (Lipinski definition) is 2. The van der Waals surface area contributed by atoms with Crippen LogP contribution >= 0.6 is 0 Å². The van der Waals surface area contributed by atoms with Crippen molar-refractivity contribution in [1.82, 2.24) is 0 Å². The molecule has 0 spiro atoms. The fraction of sp³-hybridized carbons (Fsp3) is 0.480. The van der Waals surface area contributed by atoms with Gasteiger partial charge in [-0.3, -0.25) is 4.79 Å². The van der Waals surface area contributed by atoms with Crippen molar-refractivity contribution in [3.05, 3.63) is 53.6 Å². The third-order valence-electron chi connectivity index (χ3n) is 5.54. The molecule has 0 aliphatic heterocycles. The first-order chi connectivity index (χ1) is 16.1. The van der Waals surface area contributed by atoms with Crippen molar-refractivity contribution in [2.24, 2.45) is 0 Å². The fourth-order valence-corrected chi connectivity index (χ4v) is 3.50. The van der Waals surface area contributed by atoms with Gasteiger partial charge in [0.05, 0.1) is 16.9 Å². The summed E-state index contributed by atoms with van der Waals surface area (Å²) in [6, 6.07) is 9.92. The van der Waals surface area contributed by atoms with E-state index in [4.69, 9.17) is 0 Å². The summed E-state index contributed by atoms with van der Waals surface area (Å²) >= 11 is 0. The van der Waals surface area contributed by atoms with Crippen molar-refractivity contribution in [3.63, 3.8) is 0 Å². The number of carbonyl (C=O) groups excluding carboxylic acids is 1. The van der Waals surface area contributed by atoms with E-state index in [2.05, 4.69) is 10.6 Å². The number of benzene rings is 2. The Morgan fingerprint density at radius 1 is 1.00 bits per heavy atom. The van der Waals surface area contributed by atoms with Gasteiger partial charge in [-0.25, -0.2) is 8.78 Å². The van der Waals surface area contributed by atoms with Crippen LogP contribution in [0.3, 0.4) is 0 Å². The van der Waals surface area contributed by atoms with E-state index < -0.39 is 30.0 Å². The standard InChI is InChI=1S/C25H32F5N3O/c1-4-7-8-20(26)23(27)24(34)32-21-14-13-19(15-22(21)33(5-2)6-3)31-16-17-9-11-18(12-10-17)25(28,29)30/h9-15,20,23,31H,4-8,16H2,1-3H3,(H,32,34). The van der Waals surface area contributed by atoms with Gasteiger partial charge in [0.25, 0.3) is 5.91 Å². The number of alkyl halides is 5. The summed E-state index contributed by atoms with van der Waals surface area (Å²) in [5.41, 5.74) is 1.61. The lowest BCUT2D eigenvalue weighted by molar-refractivity contribution is -0.137. The van der Waals surface area contributed by atoms with Gasteiger partial charge < -0.3 is 15.5 Å². The highest BCUT2D eigenvalue weighted by molar-refractivity contribution is 5.98. The molecule has 0 saturated carbocycles. The Balaban J connectivity index is 2.16. The Labute approximate surface area is 197 Å². The highest BCUT2D eigenvalue weighted by atomic mass is 19.4. The lowest BCUT2D eigenvalue weighted by Gasteiger charge is -2.26. The van der Waals surface area contributed by atoms with Gasteiger partial charge in [0.1, 0.15) is 6.17 Å². The summed E-state index contributed by atoms with van der Waals surface area (Å²) in [7, 11) is 0. The number of halogens is 5. The first-order valence-corrected chi connectivity index (χ1v) is 11.5. The molecule has 2 rings (SSSR count). The van der Waals surface area contributed by atoms with Gasteiger partial charge in [0, 0.05) is 25.3 Å². The van der Waals surface area contributed by atoms with Gasteiger partial charge in [0.15, 0.2) is 0 Å². The van der Waals surface area contributed by atoms with Gasteiger partial charge in [-0.15, -0.1) is 0 Å². The normalized spacial score (nSPS) is 13.3. The maximum atomic E-state index is 14.3. The Kier molecular flexibility index (Phi) is 10.1. The van der Waals surface area contributed by atoms with E-state index in [0.29, 0.717) is 48.6 Å². The molecule has 0 fully saturated rings. The molecule has 2 atom stereocenters. The predicted molar refractivity (Wildman–Crippen MR) is 127 cm³/mol. The molecule has 0 bridgehead atoms. The average Bonchev–Trinajstić information content (AvgIpc) is 2.82. The summed E-state index contributed by atoms with van der Waals surface area (Å²) in [6.07, 6.45) is -7.31. The summed E-state index contributed by atoms with van der Waals surface area (Å²) in [6.45, 7) is 7.24. The maximum Gasteiger partial charge on any atom is 0.416 e. The predicted octanol–water partition coefficient (Wildman–Crippen LogP) is 6.97. The largest absolute Gasteiger partial charge is 0.416 e. The number of nitrogens with one attached hydrogen (secondary N) is 2. The zero-order chi connectivity index (χ0) is 25.3. The van der Waals surface area contributed by atoms with Crippen molar-refractivity contribution in [1.29, 1.82) is 0 Å². The van der Waals surface area contributed by atoms with Crippen molar-refractivity contribution < 1.29 is 26.7 Å². The number of unbranched alkanes of at least 4 members (excludes halogenated alkanes) is 1. The molecule has 0 aliphatic carbocycles. The Bertz CT molecular complexity index is 914. The van der Waals surface area contributed by atoms with Crippen molar-refractivity contribution in [2.45, 2.75) is 65.1 Å². The average molecular weight is 486 g/mol. The maximum absolute atomic E-state index is 14.3. The van der Waals surface area contributed by atoms with Crippen LogP contribution in [0.15, 0.2) is 42.5 Å². The lowest BCUT2D eigenvalue weighted by Crippen LogP contribution is -2.33. The zero-order valence-corrected chi connectivity index (χ0v) is 19.7. The third-order valence-corrected chi connectivity index (χ3v) is 5.54. The van der Waals surface area contributed by atoms with Crippen LogP contribution in [0.5, 0.6) is 0 Å². The second-order valence-electron chi connectivity index (χ2n) is 8.00. The third kappa shape index (κ3) is 7.60. The van der Waals surface area contributed by atoms with Crippen LogP contribution < -0.4 is 15.5 Å². The molecule has 0 aliphatic rings. The van der Waals surface area contributed by atoms with Crippen LogP contribution in [-0.2, 0) is 17.5 Å². The first kappa shape index (κ1) is 27.4. The summed E-state index contributed by atoms with van der Waals surface area (Å²) in [5, 5.41) is 5.66. The van der Waals surface area contributed by atoms with Crippen molar-refractivity contribution in [2.75, 3.05) is 28.6 Å². The minimum atomic E-state index is -4.39. The van der Waals surface area contributed by atoms with E-state index in [9.17, 15) is 26.7 Å². The molecule has 2 N–H and O–H groups in total.